The molecule has 0 bridgehead atoms. The molecule has 0 spiro atoms. The van der Waals surface area contributed by atoms with Crippen LogP contribution in [-0.2, 0) is 0 Å². The number of benzene rings is 3. The van der Waals surface area contributed by atoms with Crippen molar-refractivity contribution in [3.63, 3.8) is 0 Å². The van der Waals surface area contributed by atoms with E-state index in [9.17, 15) is 4.79 Å². The average Bonchev–Trinajstić information content (AvgIpc) is 2.78. The lowest BCUT2D eigenvalue weighted by atomic mass is 10.0. The van der Waals surface area contributed by atoms with Gasteiger partial charge in [-0.25, -0.2) is 0 Å². The van der Waals surface area contributed by atoms with Crippen LogP contribution < -0.4 is 24.4 Å². The second kappa shape index (κ2) is 7.75. The zero-order chi connectivity index (χ0) is 20.4. The third kappa shape index (κ3) is 3.12. The van der Waals surface area contributed by atoms with E-state index in [-0.39, 0.29) is 5.91 Å². The number of para-hydroxylation sites is 2. The SMILES string of the molecule is COc1ccc([C@@H]2Nc3ccccc3C(=O)N2c2ccccc2)c(OC)c1OC. The summed E-state index contributed by atoms with van der Waals surface area (Å²) in [4.78, 5) is 15.2. The van der Waals surface area contributed by atoms with Gasteiger partial charge in [0.25, 0.3) is 5.91 Å². The first-order valence-corrected chi connectivity index (χ1v) is 9.22. The molecule has 0 radical (unpaired) electrons. The van der Waals surface area contributed by atoms with Crippen LogP contribution in [0.15, 0.2) is 66.7 Å². The normalized spacial score (nSPS) is 15.3. The molecule has 0 fully saturated rings. The highest BCUT2D eigenvalue weighted by Gasteiger charge is 2.36. The van der Waals surface area contributed by atoms with Gasteiger partial charge in [-0.3, -0.25) is 9.69 Å². The van der Waals surface area contributed by atoms with Gasteiger partial charge in [-0.1, -0.05) is 30.3 Å². The van der Waals surface area contributed by atoms with Gasteiger partial charge < -0.3 is 19.5 Å². The standard InChI is InChI=1S/C23H22N2O4/c1-27-19-14-13-17(20(28-2)21(19)29-3)22-24-18-12-8-7-11-16(18)23(26)25(22)15-9-5-4-6-10-15/h4-14,22,24H,1-3H3/t22-/m1/s1. The zero-order valence-corrected chi connectivity index (χ0v) is 16.5. The number of carbonyl (C=O) groups excluding carboxylic acids is 1. The Hall–Kier alpha value is -3.67. The largest absolute Gasteiger partial charge is 0.493 e. The van der Waals surface area contributed by atoms with E-state index in [1.54, 1.807) is 26.2 Å². The van der Waals surface area contributed by atoms with Gasteiger partial charge in [-0.2, -0.15) is 0 Å². The lowest BCUT2D eigenvalue weighted by Crippen LogP contribution is -2.43. The lowest BCUT2D eigenvalue weighted by Gasteiger charge is -2.38. The number of methoxy groups -OCH3 is 3. The van der Waals surface area contributed by atoms with Gasteiger partial charge >= 0.3 is 0 Å². The summed E-state index contributed by atoms with van der Waals surface area (Å²) in [5.41, 5.74) is 2.93. The van der Waals surface area contributed by atoms with Crippen molar-refractivity contribution < 1.29 is 19.0 Å². The minimum Gasteiger partial charge on any atom is -0.493 e. The van der Waals surface area contributed by atoms with Crippen LogP contribution in [-0.4, -0.2) is 27.2 Å². The summed E-state index contributed by atoms with van der Waals surface area (Å²) in [6, 6.07) is 20.7. The fraction of sp³-hybridized carbons (Fsp3) is 0.174. The van der Waals surface area contributed by atoms with Crippen molar-refractivity contribution in [2.75, 3.05) is 31.5 Å². The summed E-state index contributed by atoms with van der Waals surface area (Å²) < 4.78 is 16.6. The van der Waals surface area contributed by atoms with Crippen molar-refractivity contribution in [3.8, 4) is 17.2 Å². The molecule has 0 aromatic heterocycles. The number of amides is 1. The number of carbonyl (C=O) groups is 1. The summed E-state index contributed by atoms with van der Waals surface area (Å²) in [7, 11) is 4.71. The molecule has 1 aliphatic heterocycles. The lowest BCUT2D eigenvalue weighted by molar-refractivity contribution is 0.0974. The number of nitrogens with one attached hydrogen (secondary N) is 1. The smallest absolute Gasteiger partial charge is 0.262 e. The van der Waals surface area contributed by atoms with Gasteiger partial charge in [0.15, 0.2) is 11.5 Å². The number of fused-ring (bicyclic) bond motifs is 1. The molecule has 0 aliphatic carbocycles. The summed E-state index contributed by atoms with van der Waals surface area (Å²) in [6.45, 7) is 0. The van der Waals surface area contributed by atoms with E-state index in [4.69, 9.17) is 14.2 Å². The highest BCUT2D eigenvalue weighted by molar-refractivity contribution is 6.12. The summed E-state index contributed by atoms with van der Waals surface area (Å²) in [5.74, 6) is 1.46. The van der Waals surface area contributed by atoms with Gasteiger partial charge in [-0.15, -0.1) is 0 Å². The van der Waals surface area contributed by atoms with Crippen molar-refractivity contribution in [3.05, 3.63) is 77.9 Å². The number of hydrogen-bond acceptors (Lipinski definition) is 5. The molecule has 4 rings (SSSR count). The fourth-order valence-corrected chi connectivity index (χ4v) is 3.67. The summed E-state index contributed by atoms with van der Waals surface area (Å²) >= 11 is 0. The molecule has 1 N–H and O–H groups in total. The molecule has 0 unspecified atom stereocenters. The van der Waals surface area contributed by atoms with Crippen molar-refractivity contribution >= 4 is 17.3 Å². The van der Waals surface area contributed by atoms with Crippen LogP contribution in [0.2, 0.25) is 0 Å². The van der Waals surface area contributed by atoms with Crippen molar-refractivity contribution in [2.45, 2.75) is 6.17 Å². The Kier molecular flexibility index (Phi) is 4.99. The number of rotatable bonds is 5. The second-order valence-corrected chi connectivity index (χ2v) is 6.53. The third-order valence-electron chi connectivity index (χ3n) is 4.99. The van der Waals surface area contributed by atoms with Crippen LogP contribution in [0.25, 0.3) is 0 Å². The molecule has 148 valence electrons. The quantitative estimate of drug-likeness (QED) is 0.696. The maximum absolute atomic E-state index is 13.5. The van der Waals surface area contributed by atoms with Gasteiger partial charge in [0.2, 0.25) is 5.75 Å². The molecule has 0 saturated heterocycles. The van der Waals surface area contributed by atoms with Crippen LogP contribution in [0.1, 0.15) is 22.1 Å². The Bertz CT molecular complexity index is 1040. The van der Waals surface area contributed by atoms with E-state index in [2.05, 4.69) is 5.32 Å². The van der Waals surface area contributed by atoms with Crippen LogP contribution in [0.5, 0.6) is 17.2 Å². The Balaban J connectivity index is 1.92. The van der Waals surface area contributed by atoms with E-state index < -0.39 is 6.17 Å². The highest BCUT2D eigenvalue weighted by atomic mass is 16.5. The number of anilines is 2. The first-order valence-electron chi connectivity index (χ1n) is 9.22. The van der Waals surface area contributed by atoms with Crippen LogP contribution >= 0.6 is 0 Å². The van der Waals surface area contributed by atoms with Gasteiger partial charge in [-0.05, 0) is 36.4 Å². The van der Waals surface area contributed by atoms with E-state index in [0.29, 0.717) is 22.8 Å². The third-order valence-corrected chi connectivity index (χ3v) is 4.99. The van der Waals surface area contributed by atoms with Crippen molar-refractivity contribution in [1.29, 1.82) is 0 Å². The molecule has 3 aromatic rings. The summed E-state index contributed by atoms with van der Waals surface area (Å²) in [5, 5.41) is 3.48. The molecule has 6 heteroatoms. The molecule has 1 amide bonds. The molecule has 1 aliphatic rings. The molecular formula is C23H22N2O4. The Morgan fingerprint density at radius 2 is 1.48 bits per heavy atom. The van der Waals surface area contributed by atoms with E-state index in [1.807, 2.05) is 66.7 Å². The van der Waals surface area contributed by atoms with Crippen LogP contribution in [0.4, 0.5) is 11.4 Å². The molecular weight excluding hydrogens is 368 g/mol. The van der Waals surface area contributed by atoms with Crippen LogP contribution in [0, 0.1) is 0 Å². The van der Waals surface area contributed by atoms with Gasteiger partial charge in [0, 0.05) is 16.9 Å². The topological polar surface area (TPSA) is 60.0 Å². The maximum Gasteiger partial charge on any atom is 0.262 e. The Morgan fingerprint density at radius 1 is 0.793 bits per heavy atom. The highest BCUT2D eigenvalue weighted by Crippen LogP contribution is 2.46. The monoisotopic (exact) mass is 390 g/mol. The number of ether oxygens (including phenoxy) is 3. The minimum atomic E-state index is -0.491. The average molecular weight is 390 g/mol. The van der Waals surface area contributed by atoms with Crippen molar-refractivity contribution in [2.24, 2.45) is 0 Å². The van der Waals surface area contributed by atoms with Crippen molar-refractivity contribution in [1.82, 2.24) is 0 Å². The van der Waals surface area contributed by atoms with Gasteiger partial charge in [0.05, 0.1) is 26.9 Å². The number of nitrogens with zero attached hydrogens (tertiary/aromatic N) is 1. The minimum absolute atomic E-state index is 0.0904. The van der Waals surface area contributed by atoms with E-state index >= 15 is 0 Å². The first kappa shape index (κ1) is 18.7. The Morgan fingerprint density at radius 3 is 2.17 bits per heavy atom. The molecule has 1 heterocycles. The van der Waals surface area contributed by atoms with Gasteiger partial charge in [0.1, 0.15) is 6.17 Å². The maximum atomic E-state index is 13.5. The second-order valence-electron chi connectivity index (χ2n) is 6.53. The Labute approximate surface area is 169 Å². The fourth-order valence-electron chi connectivity index (χ4n) is 3.67. The molecule has 29 heavy (non-hydrogen) atoms. The molecule has 6 nitrogen and oxygen atoms in total. The number of hydrogen-bond donors (Lipinski definition) is 1. The molecule has 1 atom stereocenters. The predicted molar refractivity (Wildman–Crippen MR) is 112 cm³/mol. The predicted octanol–water partition coefficient (Wildman–Crippen LogP) is 4.48. The van der Waals surface area contributed by atoms with E-state index in [1.165, 1.54) is 0 Å². The molecule has 0 saturated carbocycles. The first-order chi connectivity index (χ1) is 14.2. The molecule has 3 aromatic carbocycles. The zero-order valence-electron chi connectivity index (χ0n) is 16.5. The van der Waals surface area contributed by atoms with Crippen LogP contribution in [0.3, 0.4) is 0 Å². The van der Waals surface area contributed by atoms with E-state index in [0.717, 1.165) is 16.9 Å². The summed E-state index contributed by atoms with van der Waals surface area (Å²) in [6.07, 6.45) is -0.491.